The van der Waals surface area contributed by atoms with Crippen molar-refractivity contribution >= 4 is 23.6 Å². The molecule has 2 rings (SSSR count). The summed E-state index contributed by atoms with van der Waals surface area (Å²) < 4.78 is 0. The summed E-state index contributed by atoms with van der Waals surface area (Å²) in [5, 5.41) is 0.619. The van der Waals surface area contributed by atoms with Gasteiger partial charge in [-0.05, 0) is 29.8 Å². The van der Waals surface area contributed by atoms with Gasteiger partial charge in [-0.25, -0.2) is 0 Å². The molecule has 0 N–H and O–H groups in total. The zero-order valence-corrected chi connectivity index (χ0v) is 10.8. The molecule has 0 amide bonds. The van der Waals surface area contributed by atoms with Crippen molar-refractivity contribution in [1.29, 1.82) is 0 Å². The van der Waals surface area contributed by atoms with Gasteiger partial charge >= 0.3 is 0 Å². The van der Waals surface area contributed by atoms with Crippen LogP contribution in [0.15, 0.2) is 42.7 Å². The van der Waals surface area contributed by atoms with Crippen LogP contribution in [0.5, 0.6) is 0 Å². The quantitative estimate of drug-likeness (QED) is 0.792. The summed E-state index contributed by atoms with van der Waals surface area (Å²) in [6.45, 7) is 0.676. The summed E-state index contributed by atoms with van der Waals surface area (Å²) in [6, 6.07) is 9.12. The lowest BCUT2D eigenvalue weighted by Gasteiger charge is -2.21. The van der Waals surface area contributed by atoms with Crippen LogP contribution >= 0.6 is 11.6 Å². The second-order valence-corrected chi connectivity index (χ2v) is 4.47. The molecule has 0 saturated heterocycles. The van der Waals surface area contributed by atoms with Crippen molar-refractivity contribution in [2.45, 2.75) is 6.54 Å². The van der Waals surface area contributed by atoms with Crippen LogP contribution in [0.2, 0.25) is 5.02 Å². The summed E-state index contributed by atoms with van der Waals surface area (Å²) in [7, 11) is 1.92. The largest absolute Gasteiger partial charge is 0.370 e. The van der Waals surface area contributed by atoms with E-state index in [1.807, 2.05) is 30.3 Å². The first-order chi connectivity index (χ1) is 8.70. The molecule has 0 saturated carbocycles. The summed E-state index contributed by atoms with van der Waals surface area (Å²) >= 11 is 5.97. The second kappa shape index (κ2) is 5.65. The highest BCUT2D eigenvalue weighted by Crippen LogP contribution is 2.24. The van der Waals surface area contributed by atoms with Crippen LogP contribution in [0.25, 0.3) is 0 Å². The molecule has 0 aliphatic heterocycles. The van der Waals surface area contributed by atoms with Crippen LogP contribution in [0, 0.1) is 0 Å². The molecule has 3 nitrogen and oxygen atoms in total. The summed E-state index contributed by atoms with van der Waals surface area (Å²) in [4.78, 5) is 17.1. The van der Waals surface area contributed by atoms with Gasteiger partial charge in [-0.15, -0.1) is 0 Å². The van der Waals surface area contributed by atoms with Crippen molar-refractivity contribution < 1.29 is 4.79 Å². The van der Waals surface area contributed by atoms with E-state index in [-0.39, 0.29) is 0 Å². The number of rotatable bonds is 4. The number of hydrogen-bond donors (Lipinski definition) is 0. The second-order valence-electron chi connectivity index (χ2n) is 4.04. The van der Waals surface area contributed by atoms with Gasteiger partial charge in [0.05, 0.1) is 0 Å². The lowest BCUT2D eigenvalue weighted by Crippen LogP contribution is -2.18. The number of hydrogen-bond acceptors (Lipinski definition) is 3. The highest BCUT2D eigenvalue weighted by atomic mass is 35.5. The predicted molar refractivity (Wildman–Crippen MR) is 73.2 cm³/mol. The van der Waals surface area contributed by atoms with E-state index in [4.69, 9.17) is 11.6 Å². The molecule has 0 unspecified atom stereocenters. The minimum absolute atomic E-state index is 0.619. The molecule has 1 aromatic carbocycles. The average molecular weight is 261 g/mol. The molecule has 4 heteroatoms. The van der Waals surface area contributed by atoms with E-state index in [1.165, 1.54) is 0 Å². The Kier molecular flexibility index (Phi) is 3.95. The smallest absolute Gasteiger partial charge is 0.152 e. The van der Waals surface area contributed by atoms with E-state index in [9.17, 15) is 4.79 Å². The molecule has 2 aromatic rings. The van der Waals surface area contributed by atoms with E-state index in [0.29, 0.717) is 17.1 Å². The maximum Gasteiger partial charge on any atom is 0.152 e. The highest BCUT2D eigenvalue weighted by Gasteiger charge is 2.08. The Morgan fingerprint density at radius 2 is 2.22 bits per heavy atom. The van der Waals surface area contributed by atoms with E-state index in [0.717, 1.165) is 17.5 Å². The topological polar surface area (TPSA) is 33.2 Å². The van der Waals surface area contributed by atoms with Crippen LogP contribution in [-0.4, -0.2) is 18.3 Å². The summed E-state index contributed by atoms with van der Waals surface area (Å²) in [6.07, 6.45) is 4.38. The molecule has 92 valence electrons. The standard InChI is InChI=1S/C14H13ClN2O/c1-17(9-11-3-2-6-16-8-11)14-7-13(15)5-4-12(14)10-18/h2-8,10H,9H2,1H3. The molecule has 0 spiro atoms. The van der Waals surface area contributed by atoms with Gasteiger partial charge in [-0.2, -0.15) is 0 Å². The highest BCUT2D eigenvalue weighted by molar-refractivity contribution is 6.31. The molecule has 1 aromatic heterocycles. The van der Waals surface area contributed by atoms with E-state index in [2.05, 4.69) is 4.98 Å². The predicted octanol–water partition coefficient (Wildman–Crippen LogP) is 3.18. The minimum Gasteiger partial charge on any atom is -0.370 e. The molecule has 1 heterocycles. The van der Waals surface area contributed by atoms with Crippen LogP contribution < -0.4 is 4.90 Å². The van der Waals surface area contributed by atoms with Gasteiger partial charge in [0, 0.05) is 42.3 Å². The maximum absolute atomic E-state index is 11.0. The number of pyridine rings is 1. The zero-order valence-electron chi connectivity index (χ0n) is 10.0. The third-order valence-electron chi connectivity index (χ3n) is 2.67. The van der Waals surface area contributed by atoms with Crippen molar-refractivity contribution in [3.63, 3.8) is 0 Å². The Bertz CT molecular complexity index is 543. The fourth-order valence-corrected chi connectivity index (χ4v) is 1.96. The molecule has 0 atom stereocenters. The van der Waals surface area contributed by atoms with E-state index >= 15 is 0 Å². The number of halogens is 1. The number of carbonyl (C=O) groups is 1. The van der Waals surface area contributed by atoms with Crippen molar-refractivity contribution in [2.75, 3.05) is 11.9 Å². The number of aldehydes is 1. The van der Waals surface area contributed by atoms with Gasteiger partial charge in [0.15, 0.2) is 6.29 Å². The van der Waals surface area contributed by atoms with Crippen LogP contribution in [0.4, 0.5) is 5.69 Å². The first-order valence-electron chi connectivity index (χ1n) is 5.55. The minimum atomic E-state index is 0.619. The van der Waals surface area contributed by atoms with Crippen LogP contribution in [-0.2, 0) is 6.54 Å². The number of anilines is 1. The number of benzene rings is 1. The van der Waals surface area contributed by atoms with Crippen molar-refractivity contribution in [1.82, 2.24) is 4.98 Å². The fraction of sp³-hybridized carbons (Fsp3) is 0.143. The van der Waals surface area contributed by atoms with E-state index < -0.39 is 0 Å². The molecule has 18 heavy (non-hydrogen) atoms. The lowest BCUT2D eigenvalue weighted by molar-refractivity contribution is 0.112. The van der Waals surface area contributed by atoms with Gasteiger partial charge in [-0.3, -0.25) is 9.78 Å². The van der Waals surface area contributed by atoms with Gasteiger partial charge in [0.1, 0.15) is 0 Å². The normalized spacial score (nSPS) is 10.1. The van der Waals surface area contributed by atoms with E-state index in [1.54, 1.807) is 24.4 Å². The molecule has 0 aliphatic rings. The third-order valence-corrected chi connectivity index (χ3v) is 2.91. The van der Waals surface area contributed by atoms with Crippen molar-refractivity contribution in [3.8, 4) is 0 Å². The Hall–Kier alpha value is -1.87. The lowest BCUT2D eigenvalue weighted by atomic mass is 10.1. The molecule has 0 bridgehead atoms. The number of carbonyl (C=O) groups excluding carboxylic acids is 1. The zero-order chi connectivity index (χ0) is 13.0. The van der Waals surface area contributed by atoms with Gasteiger partial charge in [-0.1, -0.05) is 17.7 Å². The maximum atomic E-state index is 11.0. The molecule has 0 aliphatic carbocycles. The summed E-state index contributed by atoms with van der Waals surface area (Å²) in [5.74, 6) is 0. The molecular formula is C14H13ClN2O. The van der Waals surface area contributed by atoms with Gasteiger partial charge < -0.3 is 4.90 Å². The molecule has 0 fully saturated rings. The number of nitrogens with zero attached hydrogens (tertiary/aromatic N) is 2. The third kappa shape index (κ3) is 2.87. The van der Waals surface area contributed by atoms with Gasteiger partial charge in [0.2, 0.25) is 0 Å². The molecule has 0 radical (unpaired) electrons. The van der Waals surface area contributed by atoms with Crippen LogP contribution in [0.3, 0.4) is 0 Å². The Labute approximate surface area is 111 Å². The first kappa shape index (κ1) is 12.6. The first-order valence-corrected chi connectivity index (χ1v) is 5.93. The average Bonchev–Trinajstić information content (AvgIpc) is 2.40. The van der Waals surface area contributed by atoms with Crippen molar-refractivity contribution in [3.05, 3.63) is 58.9 Å². The number of aromatic nitrogens is 1. The van der Waals surface area contributed by atoms with Crippen LogP contribution in [0.1, 0.15) is 15.9 Å². The Morgan fingerprint density at radius 3 is 2.89 bits per heavy atom. The fourth-order valence-electron chi connectivity index (χ4n) is 1.80. The summed E-state index contributed by atoms with van der Waals surface area (Å²) in [5.41, 5.74) is 2.53. The molecular weight excluding hydrogens is 248 g/mol. The Balaban J connectivity index is 2.25. The SMILES string of the molecule is CN(Cc1cccnc1)c1cc(Cl)ccc1C=O. The Morgan fingerprint density at radius 1 is 1.39 bits per heavy atom. The van der Waals surface area contributed by atoms with Gasteiger partial charge in [0.25, 0.3) is 0 Å². The monoisotopic (exact) mass is 260 g/mol. The van der Waals surface area contributed by atoms with Crippen molar-refractivity contribution in [2.24, 2.45) is 0 Å².